The van der Waals surface area contributed by atoms with Crippen LogP contribution in [0.1, 0.15) is 29.8 Å². The van der Waals surface area contributed by atoms with Crippen LogP contribution in [0.25, 0.3) is 10.8 Å². The van der Waals surface area contributed by atoms with E-state index in [0.717, 1.165) is 36.7 Å². The van der Waals surface area contributed by atoms with E-state index in [1.165, 1.54) is 6.42 Å². The third-order valence-electron chi connectivity index (χ3n) is 3.49. The van der Waals surface area contributed by atoms with Crippen LogP contribution in [0.2, 0.25) is 0 Å². The molecule has 1 aliphatic rings. The van der Waals surface area contributed by atoms with Crippen molar-refractivity contribution in [2.45, 2.75) is 19.3 Å². The van der Waals surface area contributed by atoms with E-state index in [1.54, 1.807) is 6.20 Å². The van der Waals surface area contributed by atoms with E-state index in [0.29, 0.717) is 5.69 Å². The van der Waals surface area contributed by atoms with Gasteiger partial charge in [0.05, 0.1) is 0 Å². The zero-order valence-electron chi connectivity index (χ0n) is 10.3. The van der Waals surface area contributed by atoms with E-state index in [4.69, 9.17) is 0 Å². The van der Waals surface area contributed by atoms with Gasteiger partial charge in [-0.25, -0.2) is 0 Å². The Bertz CT molecular complexity index is 573. The van der Waals surface area contributed by atoms with Crippen LogP contribution in [0.3, 0.4) is 0 Å². The van der Waals surface area contributed by atoms with Gasteiger partial charge in [0, 0.05) is 24.7 Å². The average molecular weight is 240 g/mol. The Morgan fingerprint density at radius 3 is 2.56 bits per heavy atom. The molecule has 92 valence electrons. The van der Waals surface area contributed by atoms with Gasteiger partial charge < -0.3 is 4.90 Å². The van der Waals surface area contributed by atoms with E-state index >= 15 is 0 Å². The smallest absolute Gasteiger partial charge is 0.272 e. The number of likely N-dealkylation sites (tertiary alicyclic amines) is 1. The molecular weight excluding hydrogens is 224 g/mol. The zero-order valence-corrected chi connectivity index (χ0v) is 10.3. The maximum atomic E-state index is 12.3. The first-order valence-corrected chi connectivity index (χ1v) is 6.49. The van der Waals surface area contributed by atoms with Crippen LogP contribution in [-0.4, -0.2) is 28.9 Å². The first-order valence-electron chi connectivity index (χ1n) is 6.49. The molecule has 0 aliphatic carbocycles. The van der Waals surface area contributed by atoms with Crippen molar-refractivity contribution in [1.82, 2.24) is 9.88 Å². The molecule has 1 saturated heterocycles. The topological polar surface area (TPSA) is 33.2 Å². The van der Waals surface area contributed by atoms with Crippen molar-refractivity contribution in [1.29, 1.82) is 0 Å². The number of benzene rings is 1. The molecule has 3 rings (SSSR count). The molecule has 1 aromatic heterocycles. The van der Waals surface area contributed by atoms with Gasteiger partial charge in [-0.1, -0.05) is 24.3 Å². The van der Waals surface area contributed by atoms with Gasteiger partial charge >= 0.3 is 0 Å². The van der Waals surface area contributed by atoms with Crippen LogP contribution in [0.15, 0.2) is 36.5 Å². The summed E-state index contributed by atoms with van der Waals surface area (Å²) in [7, 11) is 0. The number of amides is 1. The highest BCUT2D eigenvalue weighted by atomic mass is 16.2. The van der Waals surface area contributed by atoms with E-state index in [2.05, 4.69) is 4.98 Å². The number of aromatic nitrogens is 1. The van der Waals surface area contributed by atoms with E-state index < -0.39 is 0 Å². The molecule has 1 amide bonds. The minimum atomic E-state index is 0.0699. The fourth-order valence-corrected chi connectivity index (χ4v) is 2.46. The number of nitrogens with zero attached hydrogens (tertiary/aromatic N) is 2. The number of hydrogen-bond donors (Lipinski definition) is 0. The van der Waals surface area contributed by atoms with Crippen LogP contribution < -0.4 is 0 Å². The molecule has 1 aromatic carbocycles. The van der Waals surface area contributed by atoms with Gasteiger partial charge in [-0.05, 0) is 30.7 Å². The van der Waals surface area contributed by atoms with Crippen molar-refractivity contribution in [3.8, 4) is 0 Å². The molecule has 1 aliphatic heterocycles. The Balaban J connectivity index is 1.91. The molecule has 0 spiro atoms. The number of piperidine rings is 1. The maximum Gasteiger partial charge on any atom is 0.272 e. The van der Waals surface area contributed by atoms with Crippen molar-refractivity contribution >= 4 is 16.7 Å². The molecule has 0 saturated carbocycles. The number of pyridine rings is 1. The second kappa shape index (κ2) is 4.77. The van der Waals surface area contributed by atoms with Crippen LogP contribution in [0.4, 0.5) is 0 Å². The number of carbonyl (C=O) groups is 1. The molecule has 18 heavy (non-hydrogen) atoms. The van der Waals surface area contributed by atoms with Gasteiger partial charge in [-0.2, -0.15) is 0 Å². The average Bonchev–Trinajstić information content (AvgIpc) is 2.47. The molecule has 2 heterocycles. The summed E-state index contributed by atoms with van der Waals surface area (Å²) in [5, 5.41) is 2.15. The quantitative estimate of drug-likeness (QED) is 0.768. The van der Waals surface area contributed by atoms with Crippen LogP contribution in [0, 0.1) is 0 Å². The van der Waals surface area contributed by atoms with Crippen LogP contribution in [0.5, 0.6) is 0 Å². The molecule has 0 radical (unpaired) electrons. The first kappa shape index (κ1) is 11.2. The number of rotatable bonds is 1. The number of hydrogen-bond acceptors (Lipinski definition) is 2. The lowest BCUT2D eigenvalue weighted by molar-refractivity contribution is 0.0718. The Morgan fingerprint density at radius 2 is 1.78 bits per heavy atom. The summed E-state index contributed by atoms with van der Waals surface area (Å²) in [5.74, 6) is 0.0699. The molecule has 0 atom stereocenters. The Kier molecular flexibility index (Phi) is 2.97. The Morgan fingerprint density at radius 1 is 1.06 bits per heavy atom. The molecule has 0 unspecified atom stereocenters. The molecule has 2 aromatic rings. The molecule has 1 fully saturated rings. The number of carbonyl (C=O) groups excluding carboxylic acids is 1. The molecular formula is C15H16N2O. The summed E-state index contributed by atoms with van der Waals surface area (Å²) in [5.41, 5.74) is 0.565. The summed E-state index contributed by atoms with van der Waals surface area (Å²) in [6.45, 7) is 1.74. The van der Waals surface area contributed by atoms with Gasteiger partial charge in [-0.15, -0.1) is 0 Å². The van der Waals surface area contributed by atoms with Crippen LogP contribution in [-0.2, 0) is 0 Å². The monoisotopic (exact) mass is 240 g/mol. The molecule has 0 bridgehead atoms. The summed E-state index contributed by atoms with van der Waals surface area (Å²) in [6.07, 6.45) is 5.24. The predicted molar refractivity (Wildman–Crippen MR) is 71.5 cm³/mol. The second-order valence-corrected chi connectivity index (χ2v) is 4.77. The third-order valence-corrected chi connectivity index (χ3v) is 3.49. The second-order valence-electron chi connectivity index (χ2n) is 4.77. The lowest BCUT2D eigenvalue weighted by Gasteiger charge is -2.26. The molecule has 3 nitrogen and oxygen atoms in total. The number of fused-ring (bicyclic) bond motifs is 1. The van der Waals surface area contributed by atoms with Gasteiger partial charge in [-0.3, -0.25) is 9.78 Å². The summed E-state index contributed by atoms with van der Waals surface area (Å²) < 4.78 is 0. The fourth-order valence-electron chi connectivity index (χ4n) is 2.46. The standard InChI is InChI=1S/C15H16N2O/c18-15(17-8-4-1-5-9-17)14-10-12-6-2-3-7-13(12)11-16-14/h2-3,6-7,10-11H,1,4-5,8-9H2. The van der Waals surface area contributed by atoms with Gasteiger partial charge in [0.2, 0.25) is 0 Å². The first-order chi connectivity index (χ1) is 8.84. The van der Waals surface area contributed by atoms with Gasteiger partial charge in [0.25, 0.3) is 5.91 Å². The lowest BCUT2D eigenvalue weighted by Crippen LogP contribution is -2.36. The zero-order chi connectivity index (χ0) is 12.4. The van der Waals surface area contributed by atoms with E-state index in [1.807, 2.05) is 35.2 Å². The fraction of sp³-hybridized carbons (Fsp3) is 0.333. The van der Waals surface area contributed by atoms with Crippen LogP contribution >= 0.6 is 0 Å². The normalized spacial score (nSPS) is 15.9. The highest BCUT2D eigenvalue weighted by Gasteiger charge is 2.19. The Hall–Kier alpha value is -1.90. The minimum absolute atomic E-state index is 0.0699. The van der Waals surface area contributed by atoms with Crippen molar-refractivity contribution in [3.63, 3.8) is 0 Å². The minimum Gasteiger partial charge on any atom is -0.337 e. The van der Waals surface area contributed by atoms with Crippen molar-refractivity contribution in [2.24, 2.45) is 0 Å². The Labute approximate surface area is 106 Å². The highest BCUT2D eigenvalue weighted by molar-refractivity contribution is 5.96. The maximum absolute atomic E-state index is 12.3. The summed E-state index contributed by atoms with van der Waals surface area (Å²) in [4.78, 5) is 18.5. The molecule has 3 heteroatoms. The van der Waals surface area contributed by atoms with Crippen molar-refractivity contribution < 1.29 is 4.79 Å². The highest BCUT2D eigenvalue weighted by Crippen LogP contribution is 2.16. The predicted octanol–water partition coefficient (Wildman–Crippen LogP) is 2.86. The van der Waals surface area contributed by atoms with Crippen molar-refractivity contribution in [3.05, 3.63) is 42.2 Å². The largest absolute Gasteiger partial charge is 0.337 e. The van der Waals surface area contributed by atoms with E-state index in [-0.39, 0.29) is 5.91 Å². The van der Waals surface area contributed by atoms with Gasteiger partial charge in [0.15, 0.2) is 0 Å². The SMILES string of the molecule is O=C(c1cc2ccccc2cn1)N1CCCCC1. The lowest BCUT2D eigenvalue weighted by atomic mass is 10.1. The van der Waals surface area contributed by atoms with E-state index in [9.17, 15) is 4.79 Å². The van der Waals surface area contributed by atoms with Crippen molar-refractivity contribution in [2.75, 3.05) is 13.1 Å². The third kappa shape index (κ3) is 2.08. The summed E-state index contributed by atoms with van der Waals surface area (Å²) in [6, 6.07) is 9.89. The molecule has 0 N–H and O–H groups in total. The van der Waals surface area contributed by atoms with Gasteiger partial charge in [0.1, 0.15) is 5.69 Å². The summed E-state index contributed by atoms with van der Waals surface area (Å²) >= 11 is 0.